The number of ether oxygens (including phenoxy) is 1. The van der Waals surface area contributed by atoms with Crippen molar-refractivity contribution in [3.63, 3.8) is 0 Å². The Kier molecular flexibility index (Phi) is 6.31. The number of H-pyrrole nitrogens is 1. The van der Waals surface area contributed by atoms with Gasteiger partial charge in [0.1, 0.15) is 0 Å². The van der Waals surface area contributed by atoms with Gasteiger partial charge in [-0.15, -0.1) is 0 Å². The van der Waals surface area contributed by atoms with Gasteiger partial charge in [0.2, 0.25) is 5.43 Å². The van der Waals surface area contributed by atoms with Crippen LogP contribution in [0.5, 0.6) is 5.75 Å². The molecule has 24 heavy (non-hydrogen) atoms. The van der Waals surface area contributed by atoms with Gasteiger partial charge in [-0.2, -0.15) is 0 Å². The Balaban J connectivity index is 2.02. The van der Waals surface area contributed by atoms with Gasteiger partial charge < -0.3 is 14.8 Å². The number of rotatable bonds is 8. The molecular weight excluding hydrogens is 330 g/mol. The van der Waals surface area contributed by atoms with Crippen LogP contribution in [-0.2, 0) is 22.3 Å². The fourth-order valence-electron chi connectivity index (χ4n) is 2.11. The van der Waals surface area contributed by atoms with Crippen molar-refractivity contribution in [3.8, 4) is 5.75 Å². The Morgan fingerprint density at radius 1 is 1.29 bits per heavy atom. The number of carboxylic acids is 1. The van der Waals surface area contributed by atoms with Crippen molar-refractivity contribution in [3.05, 3.63) is 63.6 Å². The summed E-state index contributed by atoms with van der Waals surface area (Å²) in [6, 6.07) is 7.73. The van der Waals surface area contributed by atoms with Crippen molar-refractivity contribution in [2.24, 2.45) is 0 Å². The highest BCUT2D eigenvalue weighted by Crippen LogP contribution is 2.11. The van der Waals surface area contributed by atoms with Crippen LogP contribution in [-0.4, -0.2) is 26.9 Å². The summed E-state index contributed by atoms with van der Waals surface area (Å²) in [5, 5.41) is 8.97. The number of hydrogen-bond donors (Lipinski definition) is 2. The van der Waals surface area contributed by atoms with E-state index in [1.165, 1.54) is 24.4 Å². The molecule has 0 amide bonds. The standard InChI is InChI=1S/C17H19NO5S/c1-2-6-23-16-9-18-14(8-15(16)19)11-24(22)10-12-4-3-5-13(7-12)17(20)21/h3-5,7-9H,2,6,10-11H2,1H3,(H,18,19)(H,20,21). The molecule has 0 radical (unpaired) electrons. The minimum absolute atomic E-state index is 0.162. The fourth-order valence-corrected chi connectivity index (χ4v) is 3.28. The Bertz CT molecular complexity index is 800. The lowest BCUT2D eigenvalue weighted by Crippen LogP contribution is -2.11. The molecule has 1 heterocycles. The van der Waals surface area contributed by atoms with Crippen LogP contribution in [0.1, 0.15) is 35.0 Å². The predicted molar refractivity (Wildman–Crippen MR) is 91.8 cm³/mol. The van der Waals surface area contributed by atoms with E-state index in [9.17, 15) is 13.8 Å². The summed E-state index contributed by atoms with van der Waals surface area (Å²) < 4.78 is 17.5. The van der Waals surface area contributed by atoms with Crippen molar-refractivity contribution in [2.45, 2.75) is 24.9 Å². The summed E-state index contributed by atoms with van der Waals surface area (Å²) >= 11 is 0. The molecule has 0 saturated heterocycles. The predicted octanol–water partition coefficient (Wildman–Crippen LogP) is 2.31. The highest BCUT2D eigenvalue weighted by Gasteiger charge is 2.09. The van der Waals surface area contributed by atoms with Gasteiger partial charge in [0, 0.05) is 34.5 Å². The molecule has 0 bridgehead atoms. The van der Waals surface area contributed by atoms with E-state index < -0.39 is 16.8 Å². The average Bonchev–Trinajstić information content (AvgIpc) is 2.54. The molecule has 1 aromatic heterocycles. The minimum Gasteiger partial charge on any atom is -0.488 e. The summed E-state index contributed by atoms with van der Waals surface area (Å²) in [5.41, 5.74) is 1.15. The van der Waals surface area contributed by atoms with E-state index in [1.54, 1.807) is 12.1 Å². The zero-order valence-electron chi connectivity index (χ0n) is 13.3. The number of benzene rings is 1. The summed E-state index contributed by atoms with van der Waals surface area (Å²) in [5.74, 6) is -0.368. The zero-order valence-corrected chi connectivity index (χ0v) is 14.1. The summed E-state index contributed by atoms with van der Waals surface area (Å²) in [6.45, 7) is 2.42. The maximum absolute atomic E-state index is 12.2. The van der Waals surface area contributed by atoms with E-state index in [2.05, 4.69) is 4.98 Å². The molecule has 7 heteroatoms. The van der Waals surface area contributed by atoms with E-state index in [4.69, 9.17) is 9.84 Å². The van der Waals surface area contributed by atoms with Crippen molar-refractivity contribution < 1.29 is 18.8 Å². The third kappa shape index (κ3) is 5.06. The minimum atomic E-state index is -1.27. The molecule has 0 fully saturated rings. The first-order valence-electron chi connectivity index (χ1n) is 7.51. The highest BCUT2D eigenvalue weighted by molar-refractivity contribution is 7.83. The molecule has 0 aliphatic carbocycles. The van der Waals surface area contributed by atoms with Gasteiger partial charge >= 0.3 is 5.97 Å². The first-order chi connectivity index (χ1) is 11.5. The lowest BCUT2D eigenvalue weighted by atomic mass is 10.1. The second-order valence-electron chi connectivity index (χ2n) is 5.27. The first-order valence-corrected chi connectivity index (χ1v) is 9.00. The van der Waals surface area contributed by atoms with Crippen molar-refractivity contribution in [1.29, 1.82) is 0 Å². The lowest BCUT2D eigenvalue weighted by molar-refractivity contribution is 0.0696. The van der Waals surface area contributed by atoms with Gasteiger partial charge in [0.05, 0.1) is 17.9 Å². The van der Waals surface area contributed by atoms with Crippen LogP contribution in [0.15, 0.2) is 41.3 Å². The Labute approximate surface area is 142 Å². The Morgan fingerprint density at radius 2 is 2.08 bits per heavy atom. The normalized spacial score (nSPS) is 11.9. The van der Waals surface area contributed by atoms with E-state index in [-0.39, 0.29) is 28.2 Å². The quantitative estimate of drug-likeness (QED) is 0.762. The van der Waals surface area contributed by atoms with Gasteiger partial charge in [-0.3, -0.25) is 9.00 Å². The average molecular weight is 349 g/mol. The van der Waals surface area contributed by atoms with E-state index in [0.29, 0.717) is 17.9 Å². The maximum atomic E-state index is 12.2. The molecule has 2 rings (SSSR count). The number of aromatic carboxylic acids is 1. The largest absolute Gasteiger partial charge is 0.488 e. The van der Waals surface area contributed by atoms with Gasteiger partial charge in [-0.05, 0) is 24.1 Å². The molecule has 1 unspecified atom stereocenters. The van der Waals surface area contributed by atoms with Crippen LogP contribution in [0.3, 0.4) is 0 Å². The number of pyridine rings is 1. The van der Waals surface area contributed by atoms with Crippen LogP contribution in [0.25, 0.3) is 0 Å². The molecule has 0 saturated carbocycles. The Morgan fingerprint density at radius 3 is 2.75 bits per heavy atom. The third-order valence-electron chi connectivity index (χ3n) is 3.22. The maximum Gasteiger partial charge on any atom is 0.335 e. The molecule has 0 aliphatic rings. The molecule has 2 aromatic rings. The van der Waals surface area contributed by atoms with Gasteiger partial charge in [0.25, 0.3) is 0 Å². The van der Waals surface area contributed by atoms with Crippen molar-refractivity contribution >= 4 is 16.8 Å². The number of aromatic nitrogens is 1. The second-order valence-corrected chi connectivity index (χ2v) is 6.73. The molecule has 2 N–H and O–H groups in total. The molecule has 6 nitrogen and oxygen atoms in total. The van der Waals surface area contributed by atoms with Crippen LogP contribution < -0.4 is 10.2 Å². The molecule has 128 valence electrons. The smallest absolute Gasteiger partial charge is 0.335 e. The monoisotopic (exact) mass is 349 g/mol. The molecule has 1 atom stereocenters. The Hall–Kier alpha value is -2.41. The molecule has 0 spiro atoms. The van der Waals surface area contributed by atoms with Gasteiger partial charge in [-0.1, -0.05) is 19.1 Å². The van der Waals surface area contributed by atoms with E-state index >= 15 is 0 Å². The topological polar surface area (TPSA) is 96.5 Å². The SMILES string of the molecule is CCCOc1c[nH]c(CS(=O)Cc2cccc(C(=O)O)c2)cc1=O. The fraction of sp³-hybridized carbons (Fsp3) is 0.294. The molecular formula is C17H19NO5S. The summed E-state index contributed by atoms with van der Waals surface area (Å²) in [6.07, 6.45) is 2.29. The van der Waals surface area contributed by atoms with Crippen LogP contribution in [0.2, 0.25) is 0 Å². The lowest BCUT2D eigenvalue weighted by Gasteiger charge is -2.06. The summed E-state index contributed by atoms with van der Waals surface area (Å²) in [4.78, 5) is 25.8. The van der Waals surface area contributed by atoms with Gasteiger partial charge in [-0.25, -0.2) is 4.79 Å². The van der Waals surface area contributed by atoms with Crippen LogP contribution in [0.4, 0.5) is 0 Å². The van der Waals surface area contributed by atoms with E-state index in [1.807, 2.05) is 6.92 Å². The third-order valence-corrected chi connectivity index (χ3v) is 4.50. The van der Waals surface area contributed by atoms with Crippen LogP contribution in [0, 0.1) is 0 Å². The number of aromatic amines is 1. The molecule has 1 aromatic carbocycles. The zero-order chi connectivity index (χ0) is 17.5. The molecule has 0 aliphatic heterocycles. The second kappa shape index (κ2) is 8.44. The first kappa shape index (κ1) is 17.9. The number of hydrogen-bond acceptors (Lipinski definition) is 4. The van der Waals surface area contributed by atoms with E-state index in [0.717, 1.165) is 6.42 Å². The van der Waals surface area contributed by atoms with Gasteiger partial charge in [0.15, 0.2) is 5.75 Å². The van der Waals surface area contributed by atoms with Crippen LogP contribution >= 0.6 is 0 Å². The number of carboxylic acid groups (broad SMARTS) is 1. The summed E-state index contributed by atoms with van der Waals surface area (Å²) in [7, 11) is -1.27. The van der Waals surface area contributed by atoms with Crippen molar-refractivity contribution in [2.75, 3.05) is 6.61 Å². The highest BCUT2D eigenvalue weighted by atomic mass is 32.2. The number of carbonyl (C=O) groups is 1. The number of nitrogens with one attached hydrogen (secondary N) is 1. The van der Waals surface area contributed by atoms with Crippen molar-refractivity contribution in [1.82, 2.24) is 4.98 Å².